The first kappa shape index (κ1) is 25.8. The van der Waals surface area contributed by atoms with Crippen LogP contribution in [0.2, 0.25) is 24.2 Å². The molecule has 0 aromatic carbocycles. The summed E-state index contributed by atoms with van der Waals surface area (Å²) >= 11 is 0. The molecule has 1 aliphatic rings. The van der Waals surface area contributed by atoms with Crippen LogP contribution in [0.4, 0.5) is 4.79 Å². The van der Waals surface area contributed by atoms with Crippen molar-refractivity contribution in [1.82, 2.24) is 4.90 Å². The van der Waals surface area contributed by atoms with Crippen LogP contribution in [-0.4, -0.2) is 49.6 Å². The van der Waals surface area contributed by atoms with Gasteiger partial charge < -0.3 is 9.47 Å². The molecule has 1 heterocycles. The summed E-state index contributed by atoms with van der Waals surface area (Å²) in [4.78, 5) is 17.9. The van der Waals surface area contributed by atoms with Crippen molar-refractivity contribution in [2.24, 2.45) is 17.0 Å². The molecule has 0 spiro atoms. The number of hydrogen-bond acceptors (Lipinski definition) is 4. The van der Waals surface area contributed by atoms with Crippen LogP contribution in [0.1, 0.15) is 62.3 Å². The van der Waals surface area contributed by atoms with Gasteiger partial charge in [0, 0.05) is 11.5 Å². The molecule has 0 aliphatic carbocycles. The Balaban J connectivity index is 3.33. The molecule has 8 heteroatoms. The molecular formula is C21H42N4O3Si. The van der Waals surface area contributed by atoms with Crippen molar-refractivity contribution in [3.8, 4) is 0 Å². The Bertz CT molecular complexity index is 631. The topological polar surface area (TPSA) is 87.5 Å². The maximum Gasteiger partial charge on any atom is 0.412 e. The van der Waals surface area contributed by atoms with Gasteiger partial charge in [-0.05, 0) is 57.0 Å². The molecule has 0 N–H and O–H groups in total. The molecule has 1 rings (SSSR count). The van der Waals surface area contributed by atoms with E-state index in [1.165, 1.54) is 0 Å². The van der Waals surface area contributed by atoms with E-state index < -0.39 is 19.4 Å². The molecule has 1 saturated heterocycles. The standard InChI is InChI=1S/C21H42N4O3Si/c1-15(12-23-24-22)16(14-29(10,11)20(5,6)7)17-13-27-21(8,9)25(17)18(26)28-19(2,3)4/h15-17H,12-14H2,1-11H3/t15-,16+,17+/m0/s1. The predicted molar refractivity (Wildman–Crippen MR) is 121 cm³/mol. The molecule has 0 bridgehead atoms. The molecule has 1 fully saturated rings. The average Bonchev–Trinajstić information content (AvgIpc) is 2.82. The Kier molecular flexibility index (Phi) is 7.88. The molecule has 0 aromatic heterocycles. The van der Waals surface area contributed by atoms with Gasteiger partial charge >= 0.3 is 6.09 Å². The number of azide groups is 1. The second-order valence-corrected chi connectivity index (χ2v) is 17.2. The second kappa shape index (κ2) is 8.86. The van der Waals surface area contributed by atoms with Gasteiger partial charge in [-0.1, -0.05) is 51.9 Å². The highest BCUT2D eigenvalue weighted by Crippen LogP contribution is 2.45. The second-order valence-electron chi connectivity index (χ2n) is 11.6. The Morgan fingerprint density at radius 3 is 2.31 bits per heavy atom. The van der Waals surface area contributed by atoms with Gasteiger partial charge in [0.1, 0.15) is 11.3 Å². The molecule has 29 heavy (non-hydrogen) atoms. The SMILES string of the molecule is C[C@@H](CN=[N+]=[N-])[C@@H](C[Si](C)(C)C(C)(C)C)[C@H]1COC(C)(C)N1C(=O)OC(C)(C)C. The molecule has 0 radical (unpaired) electrons. The van der Waals surface area contributed by atoms with E-state index in [-0.39, 0.29) is 29.0 Å². The summed E-state index contributed by atoms with van der Waals surface area (Å²) < 4.78 is 11.8. The minimum atomic E-state index is -1.66. The highest BCUT2D eigenvalue weighted by atomic mass is 28.3. The van der Waals surface area contributed by atoms with Crippen molar-refractivity contribution in [2.75, 3.05) is 13.2 Å². The molecule has 168 valence electrons. The van der Waals surface area contributed by atoms with Crippen molar-refractivity contribution in [1.29, 1.82) is 0 Å². The van der Waals surface area contributed by atoms with Gasteiger partial charge in [0.15, 0.2) is 0 Å². The fourth-order valence-corrected chi connectivity index (χ4v) is 6.19. The lowest BCUT2D eigenvalue weighted by molar-refractivity contribution is -0.0649. The van der Waals surface area contributed by atoms with Crippen LogP contribution in [-0.2, 0) is 9.47 Å². The van der Waals surface area contributed by atoms with E-state index in [1.54, 1.807) is 4.90 Å². The third-order valence-corrected chi connectivity index (χ3v) is 12.1. The zero-order valence-corrected chi connectivity index (χ0v) is 21.4. The summed E-state index contributed by atoms with van der Waals surface area (Å²) in [6, 6.07) is 0.903. The number of carbonyl (C=O) groups excluding carboxylic acids is 1. The van der Waals surface area contributed by atoms with Gasteiger partial charge in [0.2, 0.25) is 0 Å². The number of carbonyl (C=O) groups is 1. The molecule has 0 aromatic rings. The first-order chi connectivity index (χ1) is 12.9. The van der Waals surface area contributed by atoms with Gasteiger partial charge in [-0.2, -0.15) is 0 Å². The van der Waals surface area contributed by atoms with E-state index in [0.717, 1.165) is 6.04 Å². The summed E-state index contributed by atoms with van der Waals surface area (Å²) in [5.41, 5.74) is 7.52. The van der Waals surface area contributed by atoms with Gasteiger partial charge in [-0.3, -0.25) is 4.90 Å². The van der Waals surface area contributed by atoms with E-state index in [2.05, 4.69) is 50.8 Å². The van der Waals surface area contributed by atoms with Crippen LogP contribution >= 0.6 is 0 Å². The van der Waals surface area contributed by atoms with E-state index in [0.29, 0.717) is 13.2 Å². The van der Waals surface area contributed by atoms with Crippen molar-refractivity contribution < 1.29 is 14.3 Å². The molecule has 1 aliphatic heterocycles. The van der Waals surface area contributed by atoms with E-state index in [9.17, 15) is 4.79 Å². The molecular weight excluding hydrogens is 384 g/mol. The Hall–Kier alpha value is -1.24. The van der Waals surface area contributed by atoms with Crippen molar-refractivity contribution >= 4 is 14.2 Å². The van der Waals surface area contributed by atoms with E-state index in [4.69, 9.17) is 15.0 Å². The normalized spacial score (nSPS) is 22.0. The number of hydrogen-bond donors (Lipinski definition) is 0. The minimum absolute atomic E-state index is 0.113. The summed E-state index contributed by atoms with van der Waals surface area (Å²) in [5.74, 6) is 0.295. The van der Waals surface area contributed by atoms with Crippen LogP contribution in [0.3, 0.4) is 0 Å². The van der Waals surface area contributed by atoms with Gasteiger partial charge in [-0.25, -0.2) is 4.79 Å². The summed E-state index contributed by atoms with van der Waals surface area (Å²) in [7, 11) is -1.66. The summed E-state index contributed by atoms with van der Waals surface area (Å²) in [6.45, 7) is 24.2. The molecule has 7 nitrogen and oxygen atoms in total. The highest BCUT2D eigenvalue weighted by molar-refractivity contribution is 6.80. The minimum Gasteiger partial charge on any atom is -0.444 e. The van der Waals surface area contributed by atoms with E-state index in [1.807, 2.05) is 34.6 Å². The predicted octanol–water partition coefficient (Wildman–Crippen LogP) is 6.43. The maximum atomic E-state index is 13.1. The maximum absolute atomic E-state index is 13.1. The first-order valence-electron chi connectivity index (χ1n) is 10.6. The average molecular weight is 427 g/mol. The van der Waals surface area contributed by atoms with Crippen molar-refractivity contribution in [3.05, 3.63) is 10.4 Å². The fourth-order valence-electron chi connectivity index (χ4n) is 3.73. The Labute approximate surface area is 178 Å². The third kappa shape index (κ3) is 6.62. The van der Waals surface area contributed by atoms with Crippen molar-refractivity contribution in [2.45, 2.75) is 104 Å². The lowest BCUT2D eigenvalue weighted by atomic mass is 9.88. The first-order valence-corrected chi connectivity index (χ1v) is 13.8. The van der Waals surface area contributed by atoms with Crippen LogP contribution in [0.25, 0.3) is 10.4 Å². The van der Waals surface area contributed by atoms with Gasteiger partial charge in [0.25, 0.3) is 0 Å². The Morgan fingerprint density at radius 1 is 1.31 bits per heavy atom. The molecule has 3 atom stereocenters. The van der Waals surface area contributed by atoms with E-state index >= 15 is 0 Å². The lowest BCUT2D eigenvalue weighted by Gasteiger charge is -2.45. The number of nitrogens with zero attached hydrogens (tertiary/aromatic N) is 4. The van der Waals surface area contributed by atoms with Crippen LogP contribution < -0.4 is 0 Å². The molecule has 0 saturated carbocycles. The number of amides is 1. The fraction of sp³-hybridized carbons (Fsp3) is 0.952. The monoisotopic (exact) mass is 426 g/mol. The summed E-state index contributed by atoms with van der Waals surface area (Å²) in [5, 5.41) is 4.06. The van der Waals surface area contributed by atoms with Crippen molar-refractivity contribution in [3.63, 3.8) is 0 Å². The zero-order chi connectivity index (χ0) is 22.8. The lowest BCUT2D eigenvalue weighted by Crippen LogP contribution is -2.54. The van der Waals surface area contributed by atoms with Gasteiger partial charge in [0.05, 0.1) is 20.7 Å². The quantitative estimate of drug-likeness (QED) is 0.212. The highest BCUT2D eigenvalue weighted by Gasteiger charge is 2.51. The summed E-state index contributed by atoms with van der Waals surface area (Å²) in [6.07, 6.45) is -0.346. The number of rotatable bonds is 6. The van der Waals surface area contributed by atoms with Crippen LogP contribution in [0, 0.1) is 11.8 Å². The van der Waals surface area contributed by atoms with Gasteiger partial charge in [-0.15, -0.1) is 0 Å². The molecule has 1 amide bonds. The zero-order valence-electron chi connectivity index (χ0n) is 20.4. The van der Waals surface area contributed by atoms with Crippen LogP contribution in [0.5, 0.6) is 0 Å². The smallest absolute Gasteiger partial charge is 0.412 e. The third-order valence-electron chi connectivity index (χ3n) is 6.54. The van der Waals surface area contributed by atoms with Crippen LogP contribution in [0.15, 0.2) is 5.11 Å². The Morgan fingerprint density at radius 2 is 1.86 bits per heavy atom. The number of ether oxygens (including phenoxy) is 2. The largest absolute Gasteiger partial charge is 0.444 e. The molecule has 0 unspecified atom stereocenters.